The molecular weight excluding hydrogens is 329 g/mol. The fourth-order valence-corrected chi connectivity index (χ4v) is 1.79. The molecule has 2 aromatic rings. The Morgan fingerprint density at radius 1 is 1.25 bits per heavy atom. The second-order valence-electron chi connectivity index (χ2n) is 4.93. The molecule has 3 N–H and O–H groups in total. The van der Waals surface area contributed by atoms with Crippen LogP contribution in [0.3, 0.4) is 0 Å². The number of rotatable bonds is 4. The first-order chi connectivity index (χ1) is 11.2. The van der Waals surface area contributed by atoms with E-state index in [9.17, 15) is 27.9 Å². The minimum absolute atomic E-state index is 0.191. The Morgan fingerprint density at radius 3 is 2.54 bits per heavy atom. The van der Waals surface area contributed by atoms with Gasteiger partial charge in [0.2, 0.25) is 5.91 Å². The van der Waals surface area contributed by atoms with Gasteiger partial charge in [-0.3, -0.25) is 9.59 Å². The Kier molecular flexibility index (Phi) is 4.82. The van der Waals surface area contributed by atoms with Crippen LogP contribution in [0.1, 0.15) is 22.8 Å². The minimum atomic E-state index is -4.62. The van der Waals surface area contributed by atoms with Crippen LogP contribution in [0.4, 0.5) is 18.9 Å². The molecule has 0 aliphatic rings. The van der Waals surface area contributed by atoms with E-state index in [1.54, 1.807) is 0 Å². The molecule has 2 rings (SSSR count). The van der Waals surface area contributed by atoms with Gasteiger partial charge in [-0.2, -0.15) is 13.2 Å². The third kappa shape index (κ3) is 4.06. The summed E-state index contributed by atoms with van der Waals surface area (Å²) in [5.41, 5.74) is -1.23. The summed E-state index contributed by atoms with van der Waals surface area (Å²) in [7, 11) is 0. The maximum absolute atomic E-state index is 12.7. The van der Waals surface area contributed by atoms with Crippen molar-refractivity contribution >= 4 is 17.5 Å². The summed E-state index contributed by atoms with van der Waals surface area (Å²) in [5.74, 6) is -1.90. The van der Waals surface area contributed by atoms with Gasteiger partial charge < -0.3 is 20.2 Å². The van der Waals surface area contributed by atoms with Gasteiger partial charge >= 0.3 is 6.18 Å². The Hall–Kier alpha value is -2.97. The summed E-state index contributed by atoms with van der Waals surface area (Å²) in [6, 6.07) is 2.46. The highest BCUT2D eigenvalue weighted by molar-refractivity contribution is 6.01. The van der Waals surface area contributed by atoms with Crippen molar-refractivity contribution in [1.29, 1.82) is 0 Å². The number of halogens is 3. The van der Waals surface area contributed by atoms with E-state index in [1.165, 1.54) is 25.5 Å². The molecule has 1 unspecified atom stereocenters. The second kappa shape index (κ2) is 6.65. The normalized spacial score (nSPS) is 12.5. The Morgan fingerprint density at radius 2 is 1.96 bits per heavy atom. The molecule has 0 aliphatic heterocycles. The fourth-order valence-electron chi connectivity index (χ4n) is 1.79. The van der Waals surface area contributed by atoms with Gasteiger partial charge in [-0.1, -0.05) is 0 Å². The summed E-state index contributed by atoms with van der Waals surface area (Å²) in [6.07, 6.45) is -2.16. The highest BCUT2D eigenvalue weighted by Gasteiger charge is 2.31. The number of amides is 2. The average molecular weight is 342 g/mol. The van der Waals surface area contributed by atoms with Crippen LogP contribution >= 0.6 is 0 Å². The lowest BCUT2D eigenvalue weighted by molar-refractivity contribution is -0.137. The Balaban J connectivity index is 2.07. The quantitative estimate of drug-likeness (QED) is 0.745. The molecule has 2 amide bonds. The number of phenols is 1. The molecule has 0 fully saturated rings. The van der Waals surface area contributed by atoms with Crippen LogP contribution < -0.4 is 10.6 Å². The molecule has 0 saturated heterocycles. The van der Waals surface area contributed by atoms with Crippen molar-refractivity contribution < 1.29 is 32.3 Å². The van der Waals surface area contributed by atoms with Crippen LogP contribution in [0.15, 0.2) is 41.2 Å². The van der Waals surface area contributed by atoms with Crippen LogP contribution in [-0.4, -0.2) is 23.0 Å². The number of hydrogen-bond acceptors (Lipinski definition) is 4. The monoisotopic (exact) mass is 342 g/mol. The zero-order valence-corrected chi connectivity index (χ0v) is 12.3. The zero-order valence-electron chi connectivity index (χ0n) is 12.3. The molecule has 1 heterocycles. The summed E-state index contributed by atoms with van der Waals surface area (Å²) < 4.78 is 42.7. The zero-order chi connectivity index (χ0) is 17.9. The van der Waals surface area contributed by atoms with Crippen LogP contribution in [0.5, 0.6) is 5.75 Å². The molecule has 1 atom stereocenters. The first-order valence-corrected chi connectivity index (χ1v) is 6.72. The SMILES string of the molecule is CC(NC(=O)c1ccoc1)C(=O)Nc1cc(C(F)(F)F)ccc1O. The van der Waals surface area contributed by atoms with Gasteiger partial charge in [-0.05, 0) is 31.2 Å². The van der Waals surface area contributed by atoms with Crippen molar-refractivity contribution in [2.45, 2.75) is 19.1 Å². The summed E-state index contributed by atoms with van der Waals surface area (Å²) in [5, 5.41) is 14.1. The highest BCUT2D eigenvalue weighted by atomic mass is 19.4. The largest absolute Gasteiger partial charge is 0.506 e. The maximum atomic E-state index is 12.7. The van der Waals surface area contributed by atoms with E-state index >= 15 is 0 Å². The van der Waals surface area contributed by atoms with Gasteiger partial charge in [0.15, 0.2) is 0 Å². The average Bonchev–Trinajstić information content (AvgIpc) is 3.02. The fraction of sp³-hybridized carbons (Fsp3) is 0.200. The van der Waals surface area contributed by atoms with Crippen molar-refractivity contribution in [3.63, 3.8) is 0 Å². The van der Waals surface area contributed by atoms with Gasteiger partial charge in [-0.15, -0.1) is 0 Å². The molecule has 0 spiro atoms. The number of aromatic hydroxyl groups is 1. The summed E-state index contributed by atoms with van der Waals surface area (Å²) in [6.45, 7) is 1.35. The number of phenolic OH excluding ortho intramolecular Hbond substituents is 1. The molecule has 9 heteroatoms. The van der Waals surface area contributed by atoms with E-state index in [-0.39, 0.29) is 5.56 Å². The van der Waals surface area contributed by atoms with E-state index in [0.717, 1.165) is 6.07 Å². The van der Waals surface area contributed by atoms with Crippen molar-refractivity contribution in [3.8, 4) is 5.75 Å². The molecule has 24 heavy (non-hydrogen) atoms. The standard InChI is InChI=1S/C15H13F3N2O4/c1-8(19-14(23)9-4-5-24-7-9)13(22)20-11-6-10(15(16,17)18)2-3-12(11)21/h2-8,21H,1H3,(H,19,23)(H,20,22). The molecule has 0 saturated carbocycles. The number of alkyl halides is 3. The number of benzene rings is 1. The molecule has 6 nitrogen and oxygen atoms in total. The first-order valence-electron chi connectivity index (χ1n) is 6.72. The van der Waals surface area contributed by atoms with Gasteiger partial charge in [-0.25, -0.2) is 0 Å². The number of carbonyl (C=O) groups is 2. The van der Waals surface area contributed by atoms with Gasteiger partial charge in [0.05, 0.1) is 23.1 Å². The van der Waals surface area contributed by atoms with Crippen LogP contribution in [0.25, 0.3) is 0 Å². The lowest BCUT2D eigenvalue weighted by Gasteiger charge is -2.15. The Bertz CT molecular complexity index is 742. The molecule has 0 aliphatic carbocycles. The lowest BCUT2D eigenvalue weighted by atomic mass is 10.1. The molecule has 1 aromatic carbocycles. The van der Waals surface area contributed by atoms with Crippen molar-refractivity contribution in [1.82, 2.24) is 5.32 Å². The van der Waals surface area contributed by atoms with Gasteiger partial charge in [0.1, 0.15) is 18.1 Å². The van der Waals surface area contributed by atoms with E-state index < -0.39 is 41.0 Å². The van der Waals surface area contributed by atoms with E-state index in [4.69, 9.17) is 4.42 Å². The first kappa shape index (κ1) is 17.4. The van der Waals surface area contributed by atoms with E-state index in [1.807, 2.05) is 0 Å². The molecule has 0 radical (unpaired) electrons. The third-order valence-corrected chi connectivity index (χ3v) is 3.11. The topological polar surface area (TPSA) is 91.6 Å². The maximum Gasteiger partial charge on any atom is 0.416 e. The minimum Gasteiger partial charge on any atom is -0.506 e. The lowest BCUT2D eigenvalue weighted by Crippen LogP contribution is -2.41. The highest BCUT2D eigenvalue weighted by Crippen LogP contribution is 2.34. The van der Waals surface area contributed by atoms with Crippen LogP contribution in [0, 0.1) is 0 Å². The number of anilines is 1. The van der Waals surface area contributed by atoms with E-state index in [0.29, 0.717) is 12.1 Å². The van der Waals surface area contributed by atoms with E-state index in [2.05, 4.69) is 10.6 Å². The molecule has 0 bridgehead atoms. The predicted molar refractivity (Wildman–Crippen MR) is 77.4 cm³/mol. The smallest absolute Gasteiger partial charge is 0.416 e. The van der Waals surface area contributed by atoms with Gasteiger partial charge in [0.25, 0.3) is 5.91 Å². The van der Waals surface area contributed by atoms with Crippen molar-refractivity contribution in [2.24, 2.45) is 0 Å². The molecule has 128 valence electrons. The molecule has 1 aromatic heterocycles. The number of nitrogens with one attached hydrogen (secondary N) is 2. The summed E-state index contributed by atoms with van der Waals surface area (Å²) >= 11 is 0. The number of hydrogen-bond donors (Lipinski definition) is 3. The van der Waals surface area contributed by atoms with Crippen molar-refractivity contribution in [3.05, 3.63) is 47.9 Å². The van der Waals surface area contributed by atoms with Crippen molar-refractivity contribution in [2.75, 3.05) is 5.32 Å². The second-order valence-corrected chi connectivity index (χ2v) is 4.93. The Labute approximate surface area is 134 Å². The summed E-state index contributed by atoms with van der Waals surface area (Å²) in [4.78, 5) is 23.8. The molecular formula is C15H13F3N2O4. The van der Waals surface area contributed by atoms with Crippen LogP contribution in [-0.2, 0) is 11.0 Å². The predicted octanol–water partition coefficient (Wildman–Crippen LogP) is 2.76. The number of carbonyl (C=O) groups excluding carboxylic acids is 2. The van der Waals surface area contributed by atoms with Gasteiger partial charge in [0, 0.05) is 0 Å². The number of furan rings is 1. The third-order valence-electron chi connectivity index (χ3n) is 3.11. The van der Waals surface area contributed by atoms with Crippen LogP contribution in [0.2, 0.25) is 0 Å².